The summed E-state index contributed by atoms with van der Waals surface area (Å²) < 4.78 is 13.1. The van der Waals surface area contributed by atoms with Crippen LogP contribution in [0.5, 0.6) is 11.5 Å². The SMILES string of the molecule is CC(O)CCc1c(-c2ccccc2Br)oc2c3c(cc(O)c2c1=O)OC(C)(C)C=C3. The molecule has 0 amide bonds. The molecule has 3 aromatic rings. The van der Waals surface area contributed by atoms with Crippen molar-refractivity contribution in [2.24, 2.45) is 0 Å². The molecule has 2 heterocycles. The van der Waals surface area contributed by atoms with E-state index in [1.807, 2.05) is 50.3 Å². The number of aliphatic hydroxyl groups excluding tert-OH is 1. The van der Waals surface area contributed by atoms with Crippen LogP contribution in [0, 0.1) is 0 Å². The number of fused-ring (bicyclic) bond motifs is 3. The van der Waals surface area contributed by atoms with E-state index in [9.17, 15) is 15.0 Å². The van der Waals surface area contributed by atoms with Crippen molar-refractivity contribution in [3.8, 4) is 22.8 Å². The first-order valence-electron chi connectivity index (χ1n) is 9.85. The Morgan fingerprint density at radius 1 is 1.23 bits per heavy atom. The first-order chi connectivity index (χ1) is 14.2. The predicted octanol–water partition coefficient (Wildman–Crippen LogP) is 5.43. The van der Waals surface area contributed by atoms with Gasteiger partial charge in [0.05, 0.1) is 11.7 Å². The van der Waals surface area contributed by atoms with Gasteiger partial charge in [-0.2, -0.15) is 0 Å². The molecule has 6 heteroatoms. The Morgan fingerprint density at radius 3 is 2.67 bits per heavy atom. The fraction of sp³-hybridized carbons (Fsp3) is 0.292. The molecule has 0 saturated heterocycles. The van der Waals surface area contributed by atoms with Gasteiger partial charge in [0.15, 0.2) is 11.0 Å². The van der Waals surface area contributed by atoms with Crippen LogP contribution in [0.25, 0.3) is 28.4 Å². The molecule has 5 nitrogen and oxygen atoms in total. The van der Waals surface area contributed by atoms with Crippen molar-refractivity contribution in [2.45, 2.75) is 45.3 Å². The topological polar surface area (TPSA) is 79.9 Å². The van der Waals surface area contributed by atoms with Gasteiger partial charge in [-0.3, -0.25) is 4.79 Å². The van der Waals surface area contributed by atoms with E-state index in [1.165, 1.54) is 6.07 Å². The number of aliphatic hydroxyl groups is 1. The molecule has 0 saturated carbocycles. The van der Waals surface area contributed by atoms with Crippen molar-refractivity contribution in [3.05, 3.63) is 62.2 Å². The molecule has 4 rings (SSSR count). The maximum Gasteiger partial charge on any atom is 0.200 e. The van der Waals surface area contributed by atoms with Gasteiger partial charge in [0.1, 0.15) is 28.2 Å². The predicted molar refractivity (Wildman–Crippen MR) is 121 cm³/mol. The summed E-state index contributed by atoms with van der Waals surface area (Å²) in [6, 6.07) is 8.96. The molecule has 1 aromatic heterocycles. The summed E-state index contributed by atoms with van der Waals surface area (Å²) in [5.74, 6) is 0.706. The van der Waals surface area contributed by atoms with Crippen molar-refractivity contribution in [1.82, 2.24) is 0 Å². The van der Waals surface area contributed by atoms with E-state index < -0.39 is 11.7 Å². The fourth-order valence-electron chi connectivity index (χ4n) is 3.67. The minimum Gasteiger partial charge on any atom is -0.507 e. The monoisotopic (exact) mass is 470 g/mol. The molecular weight excluding hydrogens is 448 g/mol. The number of benzene rings is 2. The van der Waals surface area contributed by atoms with Gasteiger partial charge in [0, 0.05) is 21.7 Å². The molecule has 1 atom stereocenters. The van der Waals surface area contributed by atoms with Gasteiger partial charge < -0.3 is 19.4 Å². The summed E-state index contributed by atoms with van der Waals surface area (Å²) in [7, 11) is 0. The maximum atomic E-state index is 13.5. The summed E-state index contributed by atoms with van der Waals surface area (Å²) in [6.45, 7) is 5.50. The second kappa shape index (κ2) is 7.60. The molecule has 30 heavy (non-hydrogen) atoms. The highest BCUT2D eigenvalue weighted by Crippen LogP contribution is 2.42. The van der Waals surface area contributed by atoms with Gasteiger partial charge in [0.2, 0.25) is 0 Å². The zero-order valence-corrected chi connectivity index (χ0v) is 18.6. The van der Waals surface area contributed by atoms with Crippen LogP contribution in [0.15, 0.2) is 50.1 Å². The Bertz CT molecular complexity index is 1220. The largest absolute Gasteiger partial charge is 0.507 e. The Balaban J connectivity index is 2.07. The van der Waals surface area contributed by atoms with E-state index in [0.29, 0.717) is 35.5 Å². The van der Waals surface area contributed by atoms with E-state index in [1.54, 1.807) is 6.92 Å². The average Bonchev–Trinajstić information content (AvgIpc) is 2.66. The molecule has 1 aliphatic rings. The normalized spacial score (nSPS) is 15.6. The number of phenols is 1. The van der Waals surface area contributed by atoms with E-state index in [4.69, 9.17) is 9.15 Å². The molecule has 1 unspecified atom stereocenters. The summed E-state index contributed by atoms with van der Waals surface area (Å²) in [5.41, 5.74) is 1.22. The smallest absolute Gasteiger partial charge is 0.200 e. The summed E-state index contributed by atoms with van der Waals surface area (Å²) in [5, 5.41) is 20.6. The van der Waals surface area contributed by atoms with E-state index in [2.05, 4.69) is 15.9 Å². The minimum atomic E-state index is -0.567. The highest BCUT2D eigenvalue weighted by atomic mass is 79.9. The molecule has 1 aliphatic heterocycles. The van der Waals surface area contributed by atoms with Crippen LogP contribution in [0.2, 0.25) is 0 Å². The highest BCUT2D eigenvalue weighted by molar-refractivity contribution is 9.10. The van der Waals surface area contributed by atoms with Crippen molar-refractivity contribution in [1.29, 1.82) is 0 Å². The van der Waals surface area contributed by atoms with Crippen LogP contribution in [-0.2, 0) is 6.42 Å². The van der Waals surface area contributed by atoms with Crippen LogP contribution in [0.3, 0.4) is 0 Å². The molecule has 0 radical (unpaired) electrons. The van der Waals surface area contributed by atoms with Crippen LogP contribution >= 0.6 is 15.9 Å². The summed E-state index contributed by atoms with van der Waals surface area (Å²) in [4.78, 5) is 13.5. The van der Waals surface area contributed by atoms with Crippen molar-refractivity contribution in [3.63, 3.8) is 0 Å². The number of halogens is 1. The molecule has 0 aliphatic carbocycles. The Hall–Kier alpha value is -2.57. The number of rotatable bonds is 4. The number of hydrogen-bond acceptors (Lipinski definition) is 5. The lowest BCUT2D eigenvalue weighted by molar-refractivity contribution is 0.158. The molecule has 0 bridgehead atoms. The third-order valence-corrected chi connectivity index (χ3v) is 5.89. The lowest BCUT2D eigenvalue weighted by Crippen LogP contribution is -2.27. The van der Waals surface area contributed by atoms with E-state index in [-0.39, 0.29) is 22.1 Å². The number of ether oxygens (including phenoxy) is 1. The number of hydrogen-bond donors (Lipinski definition) is 2. The van der Waals surface area contributed by atoms with E-state index in [0.717, 1.165) is 10.0 Å². The fourth-order valence-corrected chi connectivity index (χ4v) is 4.13. The third kappa shape index (κ3) is 3.66. The lowest BCUT2D eigenvalue weighted by Gasteiger charge is -2.28. The Labute approximate surface area is 182 Å². The van der Waals surface area contributed by atoms with Crippen LogP contribution < -0.4 is 10.2 Å². The first-order valence-corrected chi connectivity index (χ1v) is 10.6. The Morgan fingerprint density at radius 2 is 1.97 bits per heavy atom. The molecular formula is C24H23BrO5. The van der Waals surface area contributed by atoms with Crippen molar-refractivity contribution in [2.75, 3.05) is 0 Å². The third-order valence-electron chi connectivity index (χ3n) is 5.20. The zero-order chi connectivity index (χ0) is 21.6. The Kier molecular flexibility index (Phi) is 5.24. The standard InChI is InChI=1S/C24H23BrO5/c1-13(26)8-9-16-21(28)20-18(27)12-19-15(10-11-24(2,3)30-19)23(20)29-22(16)14-6-4-5-7-17(14)25/h4-7,10-13,26-27H,8-9H2,1-3H3. The van der Waals surface area contributed by atoms with Gasteiger partial charge in [0.25, 0.3) is 0 Å². The summed E-state index contributed by atoms with van der Waals surface area (Å²) >= 11 is 3.54. The molecule has 2 N–H and O–H groups in total. The summed E-state index contributed by atoms with van der Waals surface area (Å²) in [6.07, 6.45) is 3.91. The molecule has 0 spiro atoms. The zero-order valence-electron chi connectivity index (χ0n) is 17.0. The highest BCUT2D eigenvalue weighted by Gasteiger charge is 2.28. The van der Waals surface area contributed by atoms with Gasteiger partial charge >= 0.3 is 0 Å². The second-order valence-corrected chi connectivity index (χ2v) is 9.01. The van der Waals surface area contributed by atoms with Crippen molar-refractivity contribution >= 4 is 33.0 Å². The van der Waals surface area contributed by atoms with Crippen molar-refractivity contribution < 1.29 is 19.4 Å². The lowest BCUT2D eigenvalue weighted by atomic mass is 9.96. The average molecular weight is 471 g/mol. The van der Waals surface area contributed by atoms with Crippen LogP contribution in [-0.4, -0.2) is 21.9 Å². The molecule has 0 fully saturated rings. The van der Waals surface area contributed by atoms with Crippen LogP contribution in [0.4, 0.5) is 0 Å². The van der Waals surface area contributed by atoms with Gasteiger partial charge in [-0.1, -0.05) is 34.1 Å². The number of phenolic OH excluding ortho intramolecular Hbond substituents is 1. The van der Waals surface area contributed by atoms with Gasteiger partial charge in [-0.15, -0.1) is 0 Å². The second-order valence-electron chi connectivity index (χ2n) is 8.16. The molecule has 2 aromatic carbocycles. The molecule has 156 valence electrons. The maximum absolute atomic E-state index is 13.5. The minimum absolute atomic E-state index is 0.123. The van der Waals surface area contributed by atoms with Gasteiger partial charge in [-0.05, 0) is 51.8 Å². The quantitative estimate of drug-likeness (QED) is 0.531. The number of aromatic hydroxyl groups is 1. The van der Waals surface area contributed by atoms with Crippen LogP contribution in [0.1, 0.15) is 38.3 Å². The first kappa shape index (κ1) is 20.7. The van der Waals surface area contributed by atoms with Gasteiger partial charge in [-0.25, -0.2) is 0 Å². The van der Waals surface area contributed by atoms with E-state index >= 15 is 0 Å².